The predicted molar refractivity (Wildman–Crippen MR) is 85.4 cm³/mol. The van der Waals surface area contributed by atoms with Crippen LogP contribution in [0.3, 0.4) is 0 Å². The Kier molecular flexibility index (Phi) is 3.05. The highest BCUT2D eigenvalue weighted by Gasteiger charge is 2.32. The molecule has 2 heterocycles. The van der Waals surface area contributed by atoms with E-state index in [1.165, 1.54) is 6.21 Å². The second-order valence-corrected chi connectivity index (χ2v) is 5.21. The maximum atomic E-state index is 12.6. The molecule has 0 fully saturated rings. The Morgan fingerprint density at radius 1 is 0.957 bits per heavy atom. The number of hydrogen-bond acceptors (Lipinski definition) is 4. The minimum absolute atomic E-state index is 0.407. The number of imide groups is 1. The van der Waals surface area contributed by atoms with Gasteiger partial charge in [0.05, 0.1) is 17.4 Å². The fraction of sp³-hybridized carbons (Fsp3) is 0.0556. The van der Waals surface area contributed by atoms with Crippen LogP contribution in [-0.2, 0) is 6.42 Å². The van der Waals surface area contributed by atoms with Crippen molar-refractivity contribution in [2.24, 2.45) is 5.10 Å². The molecule has 0 N–H and O–H groups in total. The number of nitrogens with zero attached hydrogens (tertiary/aromatic N) is 2. The summed E-state index contributed by atoms with van der Waals surface area (Å²) >= 11 is 0. The first-order valence-electron chi connectivity index (χ1n) is 7.21. The van der Waals surface area contributed by atoms with E-state index in [0.717, 1.165) is 10.4 Å². The summed E-state index contributed by atoms with van der Waals surface area (Å²) < 4.78 is 5.20. The summed E-state index contributed by atoms with van der Waals surface area (Å²) in [7, 11) is 0. The highest BCUT2D eigenvalue weighted by molar-refractivity contribution is 6.25. The molecule has 1 aromatic heterocycles. The zero-order chi connectivity index (χ0) is 15.8. The Labute approximate surface area is 131 Å². The second-order valence-electron chi connectivity index (χ2n) is 5.21. The fourth-order valence-corrected chi connectivity index (χ4v) is 2.76. The van der Waals surface area contributed by atoms with E-state index in [0.29, 0.717) is 28.7 Å². The summed E-state index contributed by atoms with van der Waals surface area (Å²) in [5.41, 5.74) is 0.987. The van der Waals surface area contributed by atoms with Gasteiger partial charge in [-0.1, -0.05) is 24.3 Å². The molecule has 1 aliphatic rings. The lowest BCUT2D eigenvalue weighted by atomic mass is 9.95. The van der Waals surface area contributed by atoms with Gasteiger partial charge >= 0.3 is 0 Å². The molecule has 112 valence electrons. The Morgan fingerprint density at radius 3 is 2.26 bits per heavy atom. The van der Waals surface area contributed by atoms with Crippen molar-refractivity contribution >= 4 is 28.8 Å². The lowest BCUT2D eigenvalue weighted by molar-refractivity contribution is 0.0616. The molecule has 5 heteroatoms. The molecule has 0 saturated carbocycles. The van der Waals surface area contributed by atoms with E-state index in [9.17, 15) is 9.59 Å². The van der Waals surface area contributed by atoms with E-state index in [1.807, 2.05) is 18.2 Å². The van der Waals surface area contributed by atoms with Gasteiger partial charge in [0.2, 0.25) is 0 Å². The molecule has 0 saturated heterocycles. The predicted octanol–water partition coefficient (Wildman–Crippen LogP) is 3.26. The molecule has 0 spiro atoms. The largest absolute Gasteiger partial charge is 0.469 e. The minimum Gasteiger partial charge on any atom is -0.469 e. The first-order chi connectivity index (χ1) is 11.3. The van der Waals surface area contributed by atoms with Gasteiger partial charge in [-0.3, -0.25) is 9.59 Å². The number of amides is 2. The van der Waals surface area contributed by atoms with Crippen molar-refractivity contribution in [3.05, 3.63) is 71.7 Å². The van der Waals surface area contributed by atoms with E-state index in [4.69, 9.17) is 4.42 Å². The molecule has 2 amide bonds. The standard InChI is InChI=1S/C18H12N2O3/c21-17-14-7-1-4-12-5-2-8-15(16(12)14)18(22)20(17)19-10-9-13-6-3-11-23-13/h1-8,10-11H,9H2/b19-10-. The third-order valence-electron chi connectivity index (χ3n) is 3.82. The summed E-state index contributed by atoms with van der Waals surface area (Å²) in [6, 6.07) is 14.4. The van der Waals surface area contributed by atoms with Gasteiger partial charge in [0.25, 0.3) is 11.8 Å². The molecule has 0 aliphatic carbocycles. The molecule has 1 aliphatic heterocycles. The van der Waals surface area contributed by atoms with Crippen LogP contribution in [0.4, 0.5) is 0 Å². The lowest BCUT2D eigenvalue weighted by Crippen LogP contribution is -2.36. The number of furan rings is 1. The zero-order valence-electron chi connectivity index (χ0n) is 12.1. The van der Waals surface area contributed by atoms with Crippen LogP contribution in [0.5, 0.6) is 0 Å². The van der Waals surface area contributed by atoms with Crippen LogP contribution < -0.4 is 0 Å². The lowest BCUT2D eigenvalue weighted by Gasteiger charge is -2.22. The summed E-state index contributed by atoms with van der Waals surface area (Å²) in [4.78, 5) is 25.1. The van der Waals surface area contributed by atoms with Gasteiger partial charge < -0.3 is 4.42 Å². The van der Waals surface area contributed by atoms with Crippen LogP contribution in [0, 0.1) is 0 Å². The number of carbonyl (C=O) groups is 2. The van der Waals surface area contributed by atoms with Gasteiger partial charge in [-0.05, 0) is 29.7 Å². The fourth-order valence-electron chi connectivity index (χ4n) is 2.76. The van der Waals surface area contributed by atoms with E-state index >= 15 is 0 Å². The van der Waals surface area contributed by atoms with Crippen LogP contribution in [0.1, 0.15) is 26.5 Å². The van der Waals surface area contributed by atoms with E-state index < -0.39 is 11.8 Å². The van der Waals surface area contributed by atoms with Gasteiger partial charge in [-0.2, -0.15) is 10.1 Å². The van der Waals surface area contributed by atoms with Gasteiger partial charge in [0, 0.05) is 18.0 Å². The number of carbonyl (C=O) groups excluding carboxylic acids is 2. The molecule has 4 rings (SSSR count). The normalized spacial score (nSPS) is 14.2. The summed E-state index contributed by atoms with van der Waals surface area (Å²) in [5.74, 6) is -0.0989. The maximum Gasteiger partial charge on any atom is 0.282 e. The van der Waals surface area contributed by atoms with Crippen molar-refractivity contribution in [2.75, 3.05) is 0 Å². The van der Waals surface area contributed by atoms with Crippen LogP contribution >= 0.6 is 0 Å². The highest BCUT2D eigenvalue weighted by atomic mass is 16.3. The third kappa shape index (κ3) is 2.14. The van der Waals surface area contributed by atoms with Crippen molar-refractivity contribution in [2.45, 2.75) is 6.42 Å². The molecule has 3 aromatic rings. The quantitative estimate of drug-likeness (QED) is 0.551. The van der Waals surface area contributed by atoms with Crippen LogP contribution in [0.15, 0.2) is 64.3 Å². The van der Waals surface area contributed by atoms with Crippen LogP contribution in [-0.4, -0.2) is 23.0 Å². The molecular weight excluding hydrogens is 292 g/mol. The molecule has 0 bridgehead atoms. The molecule has 0 atom stereocenters. The maximum absolute atomic E-state index is 12.6. The SMILES string of the molecule is O=C1c2cccc3cccc(c23)C(=O)N1/N=C\Cc1ccco1. The Morgan fingerprint density at radius 2 is 1.65 bits per heavy atom. The third-order valence-corrected chi connectivity index (χ3v) is 3.82. The first kappa shape index (κ1) is 13.5. The van der Waals surface area contributed by atoms with E-state index in [2.05, 4.69) is 5.10 Å². The van der Waals surface area contributed by atoms with Gasteiger partial charge in [0.1, 0.15) is 5.76 Å². The monoisotopic (exact) mass is 304 g/mol. The van der Waals surface area contributed by atoms with E-state index in [1.54, 1.807) is 36.6 Å². The van der Waals surface area contributed by atoms with Crippen LogP contribution in [0.25, 0.3) is 10.8 Å². The minimum atomic E-state index is -0.407. The number of rotatable bonds is 3. The summed E-state index contributed by atoms with van der Waals surface area (Å²) in [6.45, 7) is 0. The Hall–Kier alpha value is -3.21. The van der Waals surface area contributed by atoms with Gasteiger partial charge in [-0.15, -0.1) is 0 Å². The molecule has 23 heavy (non-hydrogen) atoms. The first-order valence-corrected chi connectivity index (χ1v) is 7.21. The van der Waals surface area contributed by atoms with E-state index in [-0.39, 0.29) is 0 Å². The Bertz CT molecular complexity index is 891. The molecule has 0 radical (unpaired) electrons. The number of hydrogen-bond donors (Lipinski definition) is 0. The van der Waals surface area contributed by atoms with Crippen molar-refractivity contribution in [3.63, 3.8) is 0 Å². The van der Waals surface area contributed by atoms with Crippen molar-refractivity contribution in [3.8, 4) is 0 Å². The van der Waals surface area contributed by atoms with Crippen LogP contribution in [0.2, 0.25) is 0 Å². The van der Waals surface area contributed by atoms with Gasteiger partial charge in [0.15, 0.2) is 0 Å². The van der Waals surface area contributed by atoms with Crippen molar-refractivity contribution in [1.82, 2.24) is 5.01 Å². The van der Waals surface area contributed by atoms with Crippen molar-refractivity contribution in [1.29, 1.82) is 0 Å². The second kappa shape index (κ2) is 5.21. The topological polar surface area (TPSA) is 62.9 Å². The molecule has 0 unspecified atom stereocenters. The Balaban J connectivity index is 1.73. The molecular formula is C18H12N2O3. The van der Waals surface area contributed by atoms with Crippen molar-refractivity contribution < 1.29 is 14.0 Å². The molecule has 5 nitrogen and oxygen atoms in total. The smallest absolute Gasteiger partial charge is 0.282 e. The number of hydrazone groups is 1. The molecule has 2 aromatic carbocycles. The average Bonchev–Trinajstić information content (AvgIpc) is 3.09. The zero-order valence-corrected chi connectivity index (χ0v) is 12.1. The summed E-state index contributed by atoms with van der Waals surface area (Å²) in [5, 5.41) is 6.54. The highest BCUT2D eigenvalue weighted by Crippen LogP contribution is 2.29. The summed E-state index contributed by atoms with van der Waals surface area (Å²) in [6.07, 6.45) is 3.48. The van der Waals surface area contributed by atoms with Gasteiger partial charge in [-0.25, -0.2) is 0 Å². The number of benzene rings is 2. The average molecular weight is 304 g/mol.